The summed E-state index contributed by atoms with van der Waals surface area (Å²) in [6, 6.07) is -1.18. The van der Waals surface area contributed by atoms with E-state index in [2.05, 4.69) is 0 Å². The van der Waals surface area contributed by atoms with E-state index in [1.807, 2.05) is 0 Å². The highest BCUT2D eigenvalue weighted by Crippen LogP contribution is 2.24. The van der Waals surface area contributed by atoms with Gasteiger partial charge in [-0.05, 0) is 5.41 Å². The van der Waals surface area contributed by atoms with Crippen LogP contribution in [0.4, 0.5) is 18.0 Å². The Morgan fingerprint density at radius 1 is 1.15 bits per heavy atom. The fraction of sp³-hybridized carbons (Fsp3) is 0.727. The summed E-state index contributed by atoms with van der Waals surface area (Å²) < 4.78 is 36.1. The van der Waals surface area contributed by atoms with E-state index in [-0.39, 0.29) is 12.8 Å². The summed E-state index contributed by atoms with van der Waals surface area (Å²) in [5.74, 6) is -1.93. The zero-order valence-electron chi connectivity index (χ0n) is 11.4. The minimum atomic E-state index is -4.56. The molecule has 0 radical (unpaired) electrons. The van der Waals surface area contributed by atoms with Gasteiger partial charge in [-0.2, -0.15) is 13.2 Å². The Labute approximate surface area is 113 Å². The van der Waals surface area contributed by atoms with E-state index in [0.717, 1.165) is 7.05 Å². The summed E-state index contributed by atoms with van der Waals surface area (Å²) in [4.78, 5) is 33.7. The van der Waals surface area contributed by atoms with Crippen LogP contribution in [0.3, 0.4) is 0 Å². The first-order chi connectivity index (χ1) is 8.82. The van der Waals surface area contributed by atoms with Crippen molar-refractivity contribution in [1.82, 2.24) is 10.2 Å². The Hall–Kier alpha value is -1.80. The number of carbonyl (C=O) groups excluding carboxylic acids is 2. The van der Waals surface area contributed by atoms with Gasteiger partial charge in [-0.15, -0.1) is 0 Å². The summed E-state index contributed by atoms with van der Waals surface area (Å²) in [5, 5.41) is 10.4. The maximum absolute atomic E-state index is 12.0. The third kappa shape index (κ3) is 8.33. The van der Waals surface area contributed by atoms with E-state index in [4.69, 9.17) is 5.11 Å². The van der Waals surface area contributed by atoms with Gasteiger partial charge in [0, 0.05) is 13.5 Å². The van der Waals surface area contributed by atoms with Crippen molar-refractivity contribution in [2.75, 3.05) is 13.6 Å². The lowest BCUT2D eigenvalue weighted by atomic mass is 9.85. The van der Waals surface area contributed by atoms with Gasteiger partial charge in [0.2, 0.25) is 5.91 Å². The fourth-order valence-electron chi connectivity index (χ4n) is 1.51. The molecular formula is C11H17F3N2O4. The average molecular weight is 298 g/mol. The number of carbonyl (C=O) groups is 3. The third-order valence-electron chi connectivity index (χ3n) is 2.28. The number of carboxylic acids is 1. The molecule has 2 N–H and O–H groups in total. The average Bonchev–Trinajstić information content (AvgIpc) is 2.10. The molecule has 0 atom stereocenters. The molecule has 0 aromatic heterocycles. The Morgan fingerprint density at radius 3 is 2.05 bits per heavy atom. The molecular weight excluding hydrogens is 281 g/mol. The van der Waals surface area contributed by atoms with Crippen molar-refractivity contribution >= 4 is 17.9 Å². The van der Waals surface area contributed by atoms with Gasteiger partial charge in [-0.1, -0.05) is 13.8 Å². The van der Waals surface area contributed by atoms with Crippen LogP contribution in [0.5, 0.6) is 0 Å². The molecule has 0 aliphatic heterocycles. The van der Waals surface area contributed by atoms with Gasteiger partial charge in [0.25, 0.3) is 0 Å². The standard InChI is InChI=1S/C11H17F3N2O4/c1-10(2,5-8(18)19)4-7(17)15-9(20)16(3)6-11(12,13)14/h4-6H2,1-3H3,(H,18,19)(H,15,17,20). The lowest BCUT2D eigenvalue weighted by molar-refractivity contribution is -0.140. The predicted octanol–water partition coefficient (Wildman–Crippen LogP) is 1.61. The molecule has 116 valence electrons. The van der Waals surface area contributed by atoms with Crippen molar-refractivity contribution in [3.8, 4) is 0 Å². The largest absolute Gasteiger partial charge is 0.481 e. The second kappa shape index (κ2) is 6.58. The molecule has 20 heavy (non-hydrogen) atoms. The number of imide groups is 1. The Kier molecular flexibility index (Phi) is 5.98. The number of halogens is 3. The SMILES string of the molecule is CN(CC(F)(F)F)C(=O)NC(=O)CC(C)(C)CC(=O)O. The number of amides is 3. The molecule has 0 saturated carbocycles. The van der Waals surface area contributed by atoms with Gasteiger partial charge in [0.1, 0.15) is 6.54 Å². The van der Waals surface area contributed by atoms with Crippen LogP contribution in [0.25, 0.3) is 0 Å². The quantitative estimate of drug-likeness (QED) is 0.807. The van der Waals surface area contributed by atoms with Gasteiger partial charge in [-0.25, -0.2) is 4.79 Å². The second-order valence-electron chi connectivity index (χ2n) is 5.24. The number of alkyl halides is 3. The number of aliphatic carboxylic acids is 1. The van der Waals surface area contributed by atoms with Gasteiger partial charge >= 0.3 is 18.2 Å². The zero-order valence-corrected chi connectivity index (χ0v) is 11.4. The van der Waals surface area contributed by atoms with E-state index in [1.54, 1.807) is 5.32 Å². The summed E-state index contributed by atoms with van der Waals surface area (Å²) in [6.45, 7) is 1.53. The number of urea groups is 1. The highest BCUT2D eigenvalue weighted by Gasteiger charge is 2.32. The first-order valence-electron chi connectivity index (χ1n) is 5.66. The van der Waals surface area contributed by atoms with Crippen LogP contribution in [0.15, 0.2) is 0 Å². The molecule has 9 heteroatoms. The van der Waals surface area contributed by atoms with Crippen molar-refractivity contribution in [3.05, 3.63) is 0 Å². The smallest absolute Gasteiger partial charge is 0.406 e. The number of carboxylic acid groups (broad SMARTS) is 1. The molecule has 0 aliphatic rings. The lowest BCUT2D eigenvalue weighted by Crippen LogP contribution is -2.45. The maximum atomic E-state index is 12.0. The molecule has 6 nitrogen and oxygen atoms in total. The van der Waals surface area contributed by atoms with Crippen molar-refractivity contribution in [3.63, 3.8) is 0 Å². The van der Waals surface area contributed by atoms with Gasteiger partial charge < -0.3 is 10.0 Å². The molecule has 0 fully saturated rings. The van der Waals surface area contributed by atoms with Gasteiger partial charge in [-0.3, -0.25) is 14.9 Å². The maximum Gasteiger partial charge on any atom is 0.406 e. The summed E-state index contributed by atoms with van der Waals surface area (Å²) >= 11 is 0. The van der Waals surface area contributed by atoms with Crippen LogP contribution in [0, 0.1) is 5.41 Å². The molecule has 0 aromatic rings. The summed E-state index contributed by atoms with van der Waals surface area (Å²) in [6.07, 6.45) is -5.14. The topological polar surface area (TPSA) is 86.7 Å². The first kappa shape index (κ1) is 18.2. The van der Waals surface area contributed by atoms with E-state index in [9.17, 15) is 27.6 Å². The number of nitrogens with one attached hydrogen (secondary N) is 1. The van der Waals surface area contributed by atoms with Crippen molar-refractivity contribution in [2.45, 2.75) is 32.9 Å². The fourth-order valence-corrected chi connectivity index (χ4v) is 1.51. The molecule has 0 aliphatic carbocycles. The van der Waals surface area contributed by atoms with E-state index in [0.29, 0.717) is 4.90 Å². The first-order valence-corrected chi connectivity index (χ1v) is 5.66. The number of nitrogens with zero attached hydrogens (tertiary/aromatic N) is 1. The van der Waals surface area contributed by atoms with Crippen LogP contribution < -0.4 is 5.32 Å². The molecule has 0 heterocycles. The Balaban J connectivity index is 4.40. The molecule has 0 aromatic carbocycles. The zero-order chi connectivity index (χ0) is 16.1. The van der Waals surface area contributed by atoms with Crippen LogP contribution in [-0.4, -0.2) is 47.7 Å². The van der Waals surface area contributed by atoms with E-state index in [1.165, 1.54) is 13.8 Å². The number of rotatable bonds is 5. The van der Waals surface area contributed by atoms with Gasteiger partial charge in [0.15, 0.2) is 0 Å². The number of hydrogen-bond donors (Lipinski definition) is 2. The number of hydrogen-bond acceptors (Lipinski definition) is 3. The molecule has 3 amide bonds. The second-order valence-corrected chi connectivity index (χ2v) is 5.24. The van der Waals surface area contributed by atoms with E-state index < -0.39 is 36.0 Å². The van der Waals surface area contributed by atoms with Crippen LogP contribution >= 0.6 is 0 Å². The molecule has 0 saturated heterocycles. The van der Waals surface area contributed by atoms with Gasteiger partial charge in [0.05, 0.1) is 6.42 Å². The molecule has 0 unspecified atom stereocenters. The summed E-state index contributed by atoms with van der Waals surface area (Å²) in [7, 11) is 0.901. The normalized spacial score (nSPS) is 11.9. The minimum Gasteiger partial charge on any atom is -0.481 e. The molecule has 0 spiro atoms. The monoisotopic (exact) mass is 298 g/mol. The molecule has 0 rings (SSSR count). The van der Waals surface area contributed by atoms with Crippen LogP contribution in [-0.2, 0) is 9.59 Å². The highest BCUT2D eigenvalue weighted by atomic mass is 19.4. The van der Waals surface area contributed by atoms with E-state index >= 15 is 0 Å². The minimum absolute atomic E-state index is 0.287. The Morgan fingerprint density at radius 2 is 1.65 bits per heavy atom. The summed E-state index contributed by atoms with van der Waals surface area (Å²) in [5.41, 5.74) is -0.904. The van der Waals surface area contributed by atoms with Crippen LogP contribution in [0.2, 0.25) is 0 Å². The predicted molar refractivity (Wildman–Crippen MR) is 62.9 cm³/mol. The van der Waals surface area contributed by atoms with Crippen molar-refractivity contribution < 1.29 is 32.7 Å². The third-order valence-corrected chi connectivity index (χ3v) is 2.28. The highest BCUT2D eigenvalue weighted by molar-refractivity contribution is 5.94. The molecule has 0 bridgehead atoms. The van der Waals surface area contributed by atoms with Crippen LogP contribution in [0.1, 0.15) is 26.7 Å². The Bertz CT molecular complexity index is 394. The van der Waals surface area contributed by atoms with Crippen molar-refractivity contribution in [1.29, 1.82) is 0 Å². The van der Waals surface area contributed by atoms with Crippen molar-refractivity contribution in [2.24, 2.45) is 5.41 Å². The lowest BCUT2D eigenvalue weighted by Gasteiger charge is -2.23.